The monoisotopic (exact) mass is 366 g/mol. The minimum Gasteiger partial charge on any atom is -0.378 e. The van der Waals surface area contributed by atoms with E-state index in [-0.39, 0.29) is 18.2 Å². The summed E-state index contributed by atoms with van der Waals surface area (Å²) in [4.78, 5) is 11.9. The molecule has 8 heteroatoms. The number of hydrogen-bond donors (Lipinski definition) is 2. The third-order valence-electron chi connectivity index (χ3n) is 2.99. The van der Waals surface area contributed by atoms with Gasteiger partial charge in [-0.15, -0.1) is 0 Å². The van der Waals surface area contributed by atoms with Crippen molar-refractivity contribution in [3.05, 3.63) is 28.2 Å². The lowest BCUT2D eigenvalue weighted by Crippen LogP contribution is -2.43. The van der Waals surface area contributed by atoms with E-state index >= 15 is 0 Å². The molecule has 0 radical (unpaired) electrons. The smallest absolute Gasteiger partial charge is 0.378 e. The van der Waals surface area contributed by atoms with Gasteiger partial charge in [0.25, 0.3) is 0 Å². The third kappa shape index (κ3) is 4.69. The van der Waals surface area contributed by atoms with E-state index in [1.165, 1.54) is 12.1 Å². The molecular weight excluding hydrogens is 353 g/mol. The fourth-order valence-corrected chi connectivity index (χ4v) is 2.40. The van der Waals surface area contributed by atoms with E-state index in [0.717, 1.165) is 6.07 Å². The van der Waals surface area contributed by atoms with Crippen LogP contribution in [-0.2, 0) is 15.7 Å². The van der Waals surface area contributed by atoms with Gasteiger partial charge in [-0.25, -0.2) is 0 Å². The number of nitrogens with one attached hydrogen (secondary N) is 2. The summed E-state index contributed by atoms with van der Waals surface area (Å²) in [6.45, 7) is 1.58. The number of carbonyl (C=O) groups excluding carboxylic acids is 1. The van der Waals surface area contributed by atoms with E-state index in [4.69, 9.17) is 4.74 Å². The van der Waals surface area contributed by atoms with Crippen LogP contribution in [0.2, 0.25) is 0 Å². The topological polar surface area (TPSA) is 50.4 Å². The van der Waals surface area contributed by atoms with Gasteiger partial charge in [0.15, 0.2) is 0 Å². The van der Waals surface area contributed by atoms with Crippen molar-refractivity contribution in [1.82, 2.24) is 5.32 Å². The van der Waals surface area contributed by atoms with E-state index in [9.17, 15) is 18.0 Å². The first-order valence-electron chi connectivity index (χ1n) is 6.34. The zero-order chi connectivity index (χ0) is 15.5. The molecule has 0 saturated carbocycles. The second kappa shape index (κ2) is 6.76. The van der Waals surface area contributed by atoms with Crippen molar-refractivity contribution in [3.8, 4) is 0 Å². The van der Waals surface area contributed by atoms with E-state index < -0.39 is 17.6 Å². The van der Waals surface area contributed by atoms with Crippen molar-refractivity contribution in [2.45, 2.75) is 18.6 Å². The van der Waals surface area contributed by atoms with Crippen LogP contribution in [0.5, 0.6) is 0 Å². The summed E-state index contributed by atoms with van der Waals surface area (Å²) in [5, 5.41) is 5.39. The van der Waals surface area contributed by atoms with Gasteiger partial charge < -0.3 is 15.4 Å². The number of benzene rings is 1. The second-order valence-corrected chi connectivity index (χ2v) is 5.58. The highest BCUT2D eigenvalue weighted by molar-refractivity contribution is 9.10. The third-order valence-corrected chi connectivity index (χ3v) is 3.48. The normalized spacial score (nSPS) is 19.3. The van der Waals surface area contributed by atoms with Crippen LogP contribution in [0.3, 0.4) is 0 Å². The average molecular weight is 367 g/mol. The Morgan fingerprint density at radius 1 is 1.48 bits per heavy atom. The maximum atomic E-state index is 12.9. The molecule has 1 heterocycles. The van der Waals surface area contributed by atoms with Gasteiger partial charge in [-0.05, 0) is 18.2 Å². The first-order chi connectivity index (χ1) is 9.86. The van der Waals surface area contributed by atoms with E-state index in [1.54, 1.807) is 0 Å². The first kappa shape index (κ1) is 16.3. The molecule has 2 rings (SSSR count). The number of amides is 1. The van der Waals surface area contributed by atoms with Crippen molar-refractivity contribution >= 4 is 27.5 Å². The van der Waals surface area contributed by atoms with Crippen molar-refractivity contribution in [3.63, 3.8) is 0 Å². The molecule has 1 aromatic carbocycles. The Balaban J connectivity index is 2.06. The van der Waals surface area contributed by atoms with Gasteiger partial charge in [-0.3, -0.25) is 4.79 Å². The molecule has 1 saturated heterocycles. The summed E-state index contributed by atoms with van der Waals surface area (Å²) in [5.41, 5.74) is -1.12. The Hall–Kier alpha value is -1.12. The zero-order valence-electron chi connectivity index (χ0n) is 11.0. The van der Waals surface area contributed by atoms with Crippen LogP contribution in [0.15, 0.2) is 22.7 Å². The lowest BCUT2D eigenvalue weighted by atomic mass is 10.1. The number of hydrogen-bond acceptors (Lipinski definition) is 3. The van der Waals surface area contributed by atoms with Crippen LogP contribution < -0.4 is 10.6 Å². The minimum atomic E-state index is -4.53. The number of ether oxygens (including phenoxy) is 1. The molecule has 1 atom stereocenters. The van der Waals surface area contributed by atoms with E-state index in [1.807, 2.05) is 0 Å². The van der Waals surface area contributed by atoms with Gasteiger partial charge in [0.05, 0.1) is 24.5 Å². The van der Waals surface area contributed by atoms with E-state index in [2.05, 4.69) is 26.6 Å². The molecule has 0 bridgehead atoms. The maximum absolute atomic E-state index is 12.9. The number of halogens is 4. The molecule has 0 aromatic heterocycles. The Bertz CT molecular complexity index is 517. The number of anilines is 1. The first-order valence-corrected chi connectivity index (χ1v) is 7.13. The van der Waals surface area contributed by atoms with Gasteiger partial charge in [0, 0.05) is 23.5 Å². The summed E-state index contributed by atoms with van der Waals surface area (Å²) >= 11 is 3.00. The number of alkyl halides is 3. The maximum Gasteiger partial charge on any atom is 0.418 e. The zero-order valence-corrected chi connectivity index (χ0v) is 12.6. The van der Waals surface area contributed by atoms with E-state index in [0.29, 0.717) is 24.2 Å². The highest BCUT2D eigenvalue weighted by Gasteiger charge is 2.34. The molecule has 1 amide bonds. The standard InChI is InChI=1S/C13H14BrF3N2O2/c14-8-1-2-11(10(5-8)13(15,16)17)19-12(20)6-9-7-21-4-3-18-9/h1-2,5,9,18H,3-4,6-7H2,(H,19,20). The molecule has 116 valence electrons. The largest absolute Gasteiger partial charge is 0.418 e. The molecule has 4 nitrogen and oxygen atoms in total. The van der Waals surface area contributed by atoms with Gasteiger partial charge in [0.1, 0.15) is 0 Å². The van der Waals surface area contributed by atoms with Crippen molar-refractivity contribution in [2.75, 3.05) is 25.1 Å². The highest BCUT2D eigenvalue weighted by Crippen LogP contribution is 2.36. The molecular formula is C13H14BrF3N2O2. The fourth-order valence-electron chi connectivity index (χ4n) is 2.04. The Morgan fingerprint density at radius 2 is 2.24 bits per heavy atom. The predicted octanol–water partition coefficient (Wildman–Crippen LogP) is 2.78. The molecule has 1 aliphatic rings. The summed E-state index contributed by atoms with van der Waals surface area (Å²) in [5.74, 6) is -0.481. The van der Waals surface area contributed by atoms with Gasteiger partial charge in [-0.2, -0.15) is 13.2 Å². The van der Waals surface area contributed by atoms with Crippen LogP contribution in [-0.4, -0.2) is 31.7 Å². The summed E-state index contributed by atoms with van der Waals surface area (Å²) in [6.07, 6.45) is -4.47. The molecule has 1 aliphatic heterocycles. The van der Waals surface area contributed by atoms with Crippen molar-refractivity contribution < 1.29 is 22.7 Å². The minimum absolute atomic E-state index is 0.0629. The number of rotatable bonds is 3. The van der Waals surface area contributed by atoms with Gasteiger partial charge >= 0.3 is 6.18 Å². The molecule has 2 N–H and O–H groups in total. The van der Waals surface area contributed by atoms with Crippen LogP contribution in [0.1, 0.15) is 12.0 Å². The van der Waals surface area contributed by atoms with Crippen LogP contribution >= 0.6 is 15.9 Å². The number of carbonyl (C=O) groups is 1. The van der Waals surface area contributed by atoms with Crippen LogP contribution in [0.4, 0.5) is 18.9 Å². The molecule has 1 fully saturated rings. The lowest BCUT2D eigenvalue weighted by molar-refractivity contribution is -0.137. The molecule has 0 aliphatic carbocycles. The predicted molar refractivity (Wildman–Crippen MR) is 75.0 cm³/mol. The number of morpholine rings is 1. The highest BCUT2D eigenvalue weighted by atomic mass is 79.9. The second-order valence-electron chi connectivity index (χ2n) is 4.67. The molecule has 1 aromatic rings. The molecule has 0 spiro atoms. The Morgan fingerprint density at radius 3 is 2.86 bits per heavy atom. The summed E-state index contributed by atoms with van der Waals surface area (Å²) in [7, 11) is 0. The quantitative estimate of drug-likeness (QED) is 0.864. The van der Waals surface area contributed by atoms with Crippen LogP contribution in [0, 0.1) is 0 Å². The summed E-state index contributed by atoms with van der Waals surface area (Å²) in [6, 6.07) is 3.45. The SMILES string of the molecule is O=C(CC1COCCN1)Nc1ccc(Br)cc1C(F)(F)F. The molecule has 21 heavy (non-hydrogen) atoms. The lowest BCUT2D eigenvalue weighted by Gasteiger charge is -2.23. The Labute approximate surface area is 128 Å². The van der Waals surface area contributed by atoms with Crippen molar-refractivity contribution in [1.29, 1.82) is 0 Å². The van der Waals surface area contributed by atoms with Crippen LogP contribution in [0.25, 0.3) is 0 Å². The molecule has 1 unspecified atom stereocenters. The van der Waals surface area contributed by atoms with Gasteiger partial charge in [0.2, 0.25) is 5.91 Å². The Kier molecular flexibility index (Phi) is 5.23. The summed E-state index contributed by atoms with van der Waals surface area (Å²) < 4.78 is 44.3. The van der Waals surface area contributed by atoms with Crippen molar-refractivity contribution in [2.24, 2.45) is 0 Å². The fraction of sp³-hybridized carbons (Fsp3) is 0.462. The van der Waals surface area contributed by atoms with Gasteiger partial charge in [-0.1, -0.05) is 15.9 Å². The average Bonchev–Trinajstić information content (AvgIpc) is 2.40.